The Balaban J connectivity index is 2.14. The maximum absolute atomic E-state index is 11.8. The number of nitrogens with zero attached hydrogens (tertiary/aromatic N) is 1. The minimum Gasteiger partial charge on any atom is -0.367 e. The molecule has 0 spiro atoms. The molecule has 1 fully saturated rings. The summed E-state index contributed by atoms with van der Waals surface area (Å²) in [4.78, 5) is 13.7. The maximum atomic E-state index is 11.8. The zero-order valence-corrected chi connectivity index (χ0v) is 9.79. The topological polar surface area (TPSA) is 41.6 Å². The molecule has 1 aliphatic heterocycles. The van der Waals surface area contributed by atoms with Crippen LogP contribution in [0.25, 0.3) is 0 Å². The van der Waals surface area contributed by atoms with Gasteiger partial charge in [0.15, 0.2) is 0 Å². The first-order valence-corrected chi connectivity index (χ1v) is 5.86. The minimum absolute atomic E-state index is 0.143. The van der Waals surface area contributed by atoms with Crippen LogP contribution in [-0.4, -0.2) is 49.7 Å². The highest BCUT2D eigenvalue weighted by molar-refractivity contribution is 5.80. The second-order valence-electron chi connectivity index (χ2n) is 3.90. The fourth-order valence-corrected chi connectivity index (χ4v) is 1.75. The molecule has 0 aliphatic carbocycles. The van der Waals surface area contributed by atoms with Crippen LogP contribution in [0, 0.1) is 0 Å². The molecule has 1 heterocycles. The third kappa shape index (κ3) is 4.18. The van der Waals surface area contributed by atoms with E-state index >= 15 is 0 Å². The molecule has 1 amide bonds. The largest absolute Gasteiger partial charge is 0.367 e. The molecule has 1 N–H and O–H groups in total. The normalized spacial score (nSPS) is 18.1. The number of amides is 1. The van der Waals surface area contributed by atoms with Crippen LogP contribution in [0.15, 0.2) is 0 Å². The summed E-state index contributed by atoms with van der Waals surface area (Å²) in [6.07, 6.45) is 1.98. The summed E-state index contributed by atoms with van der Waals surface area (Å²) in [6.45, 7) is 8.06. The average molecular weight is 214 g/mol. The summed E-state index contributed by atoms with van der Waals surface area (Å²) in [5, 5.41) is 3.16. The summed E-state index contributed by atoms with van der Waals surface area (Å²) in [5.41, 5.74) is 0. The number of hydrogen-bond acceptors (Lipinski definition) is 3. The highest BCUT2D eigenvalue weighted by Gasteiger charge is 2.23. The van der Waals surface area contributed by atoms with Crippen molar-refractivity contribution in [2.24, 2.45) is 0 Å². The van der Waals surface area contributed by atoms with Crippen LogP contribution in [0.2, 0.25) is 0 Å². The van der Waals surface area contributed by atoms with E-state index in [4.69, 9.17) is 4.74 Å². The average Bonchev–Trinajstić information content (AvgIpc) is 2.76. The van der Waals surface area contributed by atoms with E-state index in [9.17, 15) is 4.79 Å². The van der Waals surface area contributed by atoms with Crippen molar-refractivity contribution in [3.8, 4) is 0 Å². The van der Waals surface area contributed by atoms with Gasteiger partial charge in [0.05, 0.1) is 6.61 Å². The van der Waals surface area contributed by atoms with Gasteiger partial charge in [-0.1, -0.05) is 6.92 Å². The van der Waals surface area contributed by atoms with Gasteiger partial charge < -0.3 is 15.0 Å². The Kier molecular flexibility index (Phi) is 5.65. The molecule has 0 aromatic heterocycles. The van der Waals surface area contributed by atoms with E-state index in [1.807, 2.05) is 11.8 Å². The first kappa shape index (κ1) is 12.5. The lowest BCUT2D eigenvalue weighted by Crippen LogP contribution is -2.38. The number of likely N-dealkylation sites (tertiary alicyclic amines) is 1. The smallest absolute Gasteiger partial charge is 0.251 e. The van der Waals surface area contributed by atoms with Crippen molar-refractivity contribution in [1.29, 1.82) is 0 Å². The van der Waals surface area contributed by atoms with Crippen molar-refractivity contribution in [3.05, 3.63) is 0 Å². The summed E-state index contributed by atoms with van der Waals surface area (Å²) in [6, 6.07) is 0. The standard InChI is InChI=1S/C11H22N2O2/c1-3-12-6-9-15-10(2)11(14)13-7-4-5-8-13/h10,12H,3-9H2,1-2H3. The van der Waals surface area contributed by atoms with Crippen LogP contribution in [0.3, 0.4) is 0 Å². The Morgan fingerprint density at radius 3 is 2.73 bits per heavy atom. The van der Waals surface area contributed by atoms with Crippen LogP contribution >= 0.6 is 0 Å². The molecule has 0 bridgehead atoms. The van der Waals surface area contributed by atoms with Crippen molar-refractivity contribution in [2.45, 2.75) is 32.8 Å². The lowest BCUT2D eigenvalue weighted by molar-refractivity contribution is -0.141. The van der Waals surface area contributed by atoms with Gasteiger partial charge in [0.25, 0.3) is 5.91 Å². The molecule has 1 unspecified atom stereocenters. The molecular formula is C11H22N2O2. The molecule has 0 aromatic carbocycles. The van der Waals surface area contributed by atoms with Crippen molar-refractivity contribution in [3.63, 3.8) is 0 Å². The lowest BCUT2D eigenvalue weighted by Gasteiger charge is -2.20. The Morgan fingerprint density at radius 1 is 1.47 bits per heavy atom. The van der Waals surface area contributed by atoms with E-state index in [1.54, 1.807) is 0 Å². The monoisotopic (exact) mass is 214 g/mol. The number of ether oxygens (including phenoxy) is 1. The van der Waals surface area contributed by atoms with Gasteiger partial charge >= 0.3 is 0 Å². The van der Waals surface area contributed by atoms with E-state index in [0.717, 1.165) is 39.0 Å². The molecule has 1 atom stereocenters. The quantitative estimate of drug-likeness (QED) is 0.659. The maximum Gasteiger partial charge on any atom is 0.251 e. The molecule has 0 radical (unpaired) electrons. The fourth-order valence-electron chi connectivity index (χ4n) is 1.75. The van der Waals surface area contributed by atoms with Crippen molar-refractivity contribution >= 4 is 5.91 Å². The number of rotatable bonds is 6. The highest BCUT2D eigenvalue weighted by Crippen LogP contribution is 2.10. The second-order valence-corrected chi connectivity index (χ2v) is 3.90. The number of carbonyl (C=O) groups is 1. The number of nitrogens with one attached hydrogen (secondary N) is 1. The number of hydrogen-bond donors (Lipinski definition) is 1. The second kappa shape index (κ2) is 6.80. The highest BCUT2D eigenvalue weighted by atomic mass is 16.5. The Morgan fingerprint density at radius 2 is 2.13 bits per heavy atom. The number of likely N-dealkylation sites (N-methyl/N-ethyl adjacent to an activating group) is 1. The van der Waals surface area contributed by atoms with Crippen LogP contribution in [0.5, 0.6) is 0 Å². The van der Waals surface area contributed by atoms with Gasteiger partial charge in [-0.2, -0.15) is 0 Å². The number of carbonyl (C=O) groups excluding carboxylic acids is 1. The third-order valence-corrected chi connectivity index (χ3v) is 2.66. The Hall–Kier alpha value is -0.610. The molecule has 1 saturated heterocycles. The molecule has 1 aliphatic rings. The Labute approximate surface area is 92.0 Å². The minimum atomic E-state index is -0.290. The van der Waals surface area contributed by atoms with E-state index in [1.165, 1.54) is 0 Å². The summed E-state index contributed by atoms with van der Waals surface area (Å²) < 4.78 is 5.46. The van der Waals surface area contributed by atoms with E-state index in [0.29, 0.717) is 6.61 Å². The Bertz CT molecular complexity index is 191. The zero-order valence-electron chi connectivity index (χ0n) is 9.79. The molecule has 15 heavy (non-hydrogen) atoms. The molecular weight excluding hydrogens is 192 g/mol. The van der Waals surface area contributed by atoms with Gasteiger partial charge in [-0.3, -0.25) is 4.79 Å². The van der Waals surface area contributed by atoms with Crippen molar-refractivity contribution in [1.82, 2.24) is 10.2 Å². The van der Waals surface area contributed by atoms with E-state index in [-0.39, 0.29) is 12.0 Å². The third-order valence-electron chi connectivity index (χ3n) is 2.66. The lowest BCUT2D eigenvalue weighted by atomic mass is 10.3. The fraction of sp³-hybridized carbons (Fsp3) is 0.909. The zero-order chi connectivity index (χ0) is 11.1. The molecule has 0 aromatic rings. The van der Waals surface area contributed by atoms with Crippen LogP contribution in [0.1, 0.15) is 26.7 Å². The molecule has 4 nitrogen and oxygen atoms in total. The molecule has 4 heteroatoms. The molecule has 88 valence electrons. The SMILES string of the molecule is CCNCCOC(C)C(=O)N1CCCC1. The van der Waals surface area contributed by atoms with Gasteiger partial charge in [0.1, 0.15) is 6.10 Å². The van der Waals surface area contributed by atoms with Crippen molar-refractivity contribution < 1.29 is 9.53 Å². The predicted octanol–water partition coefficient (Wildman–Crippen LogP) is 0.623. The van der Waals surface area contributed by atoms with Crippen molar-refractivity contribution in [2.75, 3.05) is 32.8 Å². The van der Waals surface area contributed by atoms with Crippen LogP contribution < -0.4 is 5.32 Å². The first-order chi connectivity index (χ1) is 7.25. The van der Waals surface area contributed by atoms with Gasteiger partial charge in [0, 0.05) is 19.6 Å². The molecule has 0 saturated carbocycles. The van der Waals surface area contributed by atoms with Gasteiger partial charge in [-0.25, -0.2) is 0 Å². The van der Waals surface area contributed by atoms with Crippen LogP contribution in [-0.2, 0) is 9.53 Å². The van der Waals surface area contributed by atoms with E-state index in [2.05, 4.69) is 12.2 Å². The van der Waals surface area contributed by atoms with Gasteiger partial charge in [-0.05, 0) is 26.3 Å². The molecule has 1 rings (SSSR count). The van der Waals surface area contributed by atoms with Gasteiger partial charge in [0.2, 0.25) is 0 Å². The summed E-state index contributed by atoms with van der Waals surface area (Å²) in [7, 11) is 0. The van der Waals surface area contributed by atoms with Crippen LogP contribution in [0.4, 0.5) is 0 Å². The van der Waals surface area contributed by atoms with Gasteiger partial charge in [-0.15, -0.1) is 0 Å². The first-order valence-electron chi connectivity index (χ1n) is 5.86. The summed E-state index contributed by atoms with van der Waals surface area (Å²) in [5.74, 6) is 0.143. The van der Waals surface area contributed by atoms with E-state index < -0.39 is 0 Å². The predicted molar refractivity (Wildman–Crippen MR) is 59.8 cm³/mol. The summed E-state index contributed by atoms with van der Waals surface area (Å²) >= 11 is 0.